The maximum absolute atomic E-state index is 11.9. The van der Waals surface area contributed by atoms with Crippen molar-refractivity contribution in [1.82, 2.24) is 9.13 Å². The van der Waals surface area contributed by atoms with Crippen LogP contribution in [0.1, 0.15) is 12.8 Å². The number of aliphatic carboxylic acids is 1. The summed E-state index contributed by atoms with van der Waals surface area (Å²) in [6, 6.07) is 1.38. The van der Waals surface area contributed by atoms with Crippen molar-refractivity contribution in [1.29, 1.82) is 0 Å². The number of carbonyl (C=O) groups is 1. The first kappa shape index (κ1) is 13.4. The maximum Gasteiger partial charge on any atom is 0.332 e. The minimum Gasteiger partial charge on any atom is -0.481 e. The van der Waals surface area contributed by atoms with Crippen LogP contribution in [0.5, 0.6) is 0 Å². The van der Waals surface area contributed by atoms with Crippen LogP contribution in [0.2, 0.25) is 0 Å². The van der Waals surface area contributed by atoms with Gasteiger partial charge in [0, 0.05) is 33.3 Å². The highest BCUT2D eigenvalue weighted by Gasteiger charge is 2.27. The van der Waals surface area contributed by atoms with E-state index in [0.29, 0.717) is 25.3 Å². The van der Waals surface area contributed by atoms with Crippen LogP contribution in [-0.4, -0.2) is 33.3 Å². The largest absolute Gasteiger partial charge is 0.481 e. The molecule has 0 amide bonds. The predicted octanol–water partition coefficient (Wildman–Crippen LogP) is -0.615. The van der Waals surface area contributed by atoms with Crippen LogP contribution >= 0.6 is 0 Å². The first-order valence-electron chi connectivity index (χ1n) is 6.16. The number of aromatic nitrogens is 2. The summed E-state index contributed by atoms with van der Waals surface area (Å²) in [5.74, 6) is -0.800. The second-order valence-corrected chi connectivity index (χ2v) is 4.86. The van der Waals surface area contributed by atoms with Crippen LogP contribution in [-0.2, 0) is 18.9 Å². The SMILES string of the molecule is Cn1c(N2CCCC(C(=O)O)C2)cc(=O)n(C)c1=O. The molecule has 0 aliphatic carbocycles. The summed E-state index contributed by atoms with van der Waals surface area (Å²) in [5.41, 5.74) is -0.782. The number of hydrogen-bond acceptors (Lipinski definition) is 4. The number of carboxylic acid groups (broad SMARTS) is 1. The van der Waals surface area contributed by atoms with E-state index >= 15 is 0 Å². The van der Waals surface area contributed by atoms with Gasteiger partial charge in [-0.15, -0.1) is 0 Å². The molecule has 19 heavy (non-hydrogen) atoms. The molecule has 1 aromatic rings. The lowest BCUT2D eigenvalue weighted by atomic mass is 9.98. The van der Waals surface area contributed by atoms with E-state index < -0.39 is 17.6 Å². The molecule has 0 aromatic carbocycles. The van der Waals surface area contributed by atoms with Crippen LogP contribution < -0.4 is 16.1 Å². The fourth-order valence-electron chi connectivity index (χ4n) is 2.41. The Kier molecular flexibility index (Phi) is 3.46. The van der Waals surface area contributed by atoms with Gasteiger partial charge in [-0.25, -0.2) is 4.79 Å². The molecule has 1 aliphatic rings. The lowest BCUT2D eigenvalue weighted by molar-refractivity contribution is -0.141. The molecule has 1 N–H and O–H groups in total. The first-order valence-corrected chi connectivity index (χ1v) is 6.16. The van der Waals surface area contributed by atoms with E-state index in [9.17, 15) is 14.4 Å². The molecule has 0 bridgehead atoms. The Balaban J connectivity index is 2.40. The molecule has 1 atom stereocenters. The predicted molar refractivity (Wildman–Crippen MR) is 69.5 cm³/mol. The van der Waals surface area contributed by atoms with Crippen molar-refractivity contribution in [2.75, 3.05) is 18.0 Å². The Morgan fingerprint density at radius 1 is 1.32 bits per heavy atom. The average Bonchev–Trinajstić information content (AvgIpc) is 2.40. The van der Waals surface area contributed by atoms with Crippen molar-refractivity contribution >= 4 is 11.8 Å². The van der Waals surface area contributed by atoms with Gasteiger partial charge in [-0.3, -0.25) is 18.7 Å². The van der Waals surface area contributed by atoms with Gasteiger partial charge in [-0.1, -0.05) is 0 Å². The van der Waals surface area contributed by atoms with E-state index in [1.807, 2.05) is 0 Å². The number of anilines is 1. The van der Waals surface area contributed by atoms with Crippen molar-refractivity contribution < 1.29 is 9.90 Å². The Hall–Kier alpha value is -2.05. The highest BCUT2D eigenvalue weighted by molar-refractivity contribution is 5.71. The van der Waals surface area contributed by atoms with Gasteiger partial charge in [0.2, 0.25) is 0 Å². The summed E-state index contributed by atoms with van der Waals surface area (Å²) in [5, 5.41) is 9.06. The normalized spacial score (nSPS) is 19.5. The molecule has 0 radical (unpaired) electrons. The highest BCUT2D eigenvalue weighted by atomic mass is 16.4. The maximum atomic E-state index is 11.9. The molecule has 1 aromatic heterocycles. The monoisotopic (exact) mass is 267 g/mol. The third-order valence-corrected chi connectivity index (χ3v) is 3.60. The molecule has 0 saturated carbocycles. The van der Waals surface area contributed by atoms with Gasteiger partial charge in [0.15, 0.2) is 0 Å². The summed E-state index contributed by atoms with van der Waals surface area (Å²) in [6.45, 7) is 0.986. The molecule has 2 heterocycles. The fraction of sp³-hybridized carbons (Fsp3) is 0.583. The van der Waals surface area contributed by atoms with Crippen LogP contribution in [0.15, 0.2) is 15.7 Å². The molecule has 1 saturated heterocycles. The van der Waals surface area contributed by atoms with Crippen molar-refractivity contribution in [3.63, 3.8) is 0 Å². The standard InChI is InChI=1S/C12H17N3O4/c1-13-9(6-10(16)14(2)12(13)19)15-5-3-4-8(7-15)11(17)18/h6,8H,3-5,7H2,1-2H3,(H,17,18). The second kappa shape index (κ2) is 4.91. The summed E-state index contributed by atoms with van der Waals surface area (Å²) in [4.78, 5) is 36.4. The van der Waals surface area contributed by atoms with Crippen LogP contribution in [0.4, 0.5) is 5.82 Å². The lowest BCUT2D eigenvalue weighted by Crippen LogP contribution is -2.44. The first-order chi connectivity index (χ1) is 8.91. The molecule has 2 rings (SSSR count). The number of nitrogens with zero attached hydrogens (tertiary/aromatic N) is 3. The number of carboxylic acids is 1. The van der Waals surface area contributed by atoms with Crippen molar-refractivity contribution in [2.24, 2.45) is 20.0 Å². The second-order valence-electron chi connectivity index (χ2n) is 4.86. The van der Waals surface area contributed by atoms with E-state index in [0.717, 1.165) is 11.0 Å². The van der Waals surface area contributed by atoms with Gasteiger partial charge in [0.05, 0.1) is 5.92 Å². The Bertz CT molecular complexity index is 616. The van der Waals surface area contributed by atoms with Gasteiger partial charge in [0.25, 0.3) is 5.56 Å². The minimum atomic E-state index is -0.835. The number of hydrogen-bond donors (Lipinski definition) is 1. The summed E-state index contributed by atoms with van der Waals surface area (Å²) < 4.78 is 2.41. The quantitative estimate of drug-likeness (QED) is 0.772. The van der Waals surface area contributed by atoms with Crippen LogP contribution in [0, 0.1) is 5.92 Å². The van der Waals surface area contributed by atoms with Gasteiger partial charge in [-0.2, -0.15) is 0 Å². The molecule has 7 nitrogen and oxygen atoms in total. The Labute approximate surface area is 109 Å². The van der Waals surface area contributed by atoms with Crippen LogP contribution in [0.25, 0.3) is 0 Å². The average molecular weight is 267 g/mol. The molecule has 1 fully saturated rings. The van der Waals surface area contributed by atoms with E-state index in [-0.39, 0.29) is 5.56 Å². The number of rotatable bonds is 2. The topological polar surface area (TPSA) is 84.5 Å². The van der Waals surface area contributed by atoms with Crippen LogP contribution in [0.3, 0.4) is 0 Å². The molecule has 0 spiro atoms. The summed E-state index contributed by atoms with van der Waals surface area (Å²) in [6.07, 6.45) is 1.37. The number of piperidine rings is 1. The molecule has 1 unspecified atom stereocenters. The zero-order valence-corrected chi connectivity index (χ0v) is 11.0. The zero-order valence-electron chi connectivity index (χ0n) is 11.0. The Morgan fingerprint density at radius 2 is 2.00 bits per heavy atom. The Morgan fingerprint density at radius 3 is 2.63 bits per heavy atom. The molecule has 7 heteroatoms. The van der Waals surface area contributed by atoms with Crippen molar-refractivity contribution in [3.05, 3.63) is 26.9 Å². The van der Waals surface area contributed by atoms with Crippen molar-refractivity contribution in [2.45, 2.75) is 12.8 Å². The fourth-order valence-corrected chi connectivity index (χ4v) is 2.41. The van der Waals surface area contributed by atoms with E-state index in [2.05, 4.69) is 0 Å². The van der Waals surface area contributed by atoms with Gasteiger partial charge >= 0.3 is 11.7 Å². The van der Waals surface area contributed by atoms with E-state index in [1.54, 1.807) is 11.9 Å². The molecule has 1 aliphatic heterocycles. The van der Waals surface area contributed by atoms with Gasteiger partial charge in [0.1, 0.15) is 5.82 Å². The smallest absolute Gasteiger partial charge is 0.332 e. The molecular formula is C12H17N3O4. The third kappa shape index (κ3) is 2.40. The summed E-state index contributed by atoms with van der Waals surface area (Å²) in [7, 11) is 3.01. The lowest BCUT2D eigenvalue weighted by Gasteiger charge is -2.33. The van der Waals surface area contributed by atoms with E-state index in [4.69, 9.17) is 5.11 Å². The minimum absolute atomic E-state index is 0.329. The van der Waals surface area contributed by atoms with Crippen molar-refractivity contribution in [3.8, 4) is 0 Å². The molecule has 104 valence electrons. The van der Waals surface area contributed by atoms with Gasteiger partial charge in [-0.05, 0) is 12.8 Å². The summed E-state index contributed by atoms with van der Waals surface area (Å²) >= 11 is 0. The zero-order chi connectivity index (χ0) is 14.2. The highest BCUT2D eigenvalue weighted by Crippen LogP contribution is 2.21. The van der Waals surface area contributed by atoms with E-state index in [1.165, 1.54) is 17.7 Å². The third-order valence-electron chi connectivity index (χ3n) is 3.60. The van der Waals surface area contributed by atoms with Gasteiger partial charge < -0.3 is 10.0 Å². The molecular weight excluding hydrogens is 250 g/mol.